The molecule has 1 saturated heterocycles. The molecule has 0 aromatic carbocycles. The Morgan fingerprint density at radius 2 is 2.22 bits per heavy atom. The summed E-state index contributed by atoms with van der Waals surface area (Å²) >= 11 is 1.55. The quantitative estimate of drug-likeness (QED) is 0.789. The first-order chi connectivity index (χ1) is 8.56. The maximum Gasteiger partial charge on any atom is 0.318 e. The van der Waals surface area contributed by atoms with Gasteiger partial charge in [-0.25, -0.2) is 4.79 Å². The summed E-state index contributed by atoms with van der Waals surface area (Å²) in [6.45, 7) is 2.70. The van der Waals surface area contributed by atoms with E-state index in [4.69, 9.17) is 0 Å². The first kappa shape index (κ1) is 15.1. The van der Waals surface area contributed by atoms with Crippen molar-refractivity contribution in [1.29, 1.82) is 0 Å². The Balaban J connectivity index is 2.51. The van der Waals surface area contributed by atoms with Crippen LogP contribution in [-0.2, 0) is 4.79 Å². The Labute approximate surface area is 112 Å². The average Bonchev–Trinajstić information content (AvgIpc) is 2.34. The first-order valence-electron chi connectivity index (χ1n) is 6.33. The molecule has 1 heterocycles. The fourth-order valence-corrected chi connectivity index (χ4v) is 2.59. The Kier molecular flexibility index (Phi) is 6.32. The molecule has 1 rings (SSSR count). The van der Waals surface area contributed by atoms with E-state index in [1.165, 1.54) is 0 Å². The van der Waals surface area contributed by atoms with E-state index in [0.29, 0.717) is 18.7 Å². The number of nitrogens with one attached hydrogen (secondary N) is 1. The number of thioether (sulfide) groups is 1. The number of hydrogen-bond donors (Lipinski definition) is 1. The van der Waals surface area contributed by atoms with Gasteiger partial charge in [0.2, 0.25) is 0 Å². The van der Waals surface area contributed by atoms with Gasteiger partial charge in [0.25, 0.3) is 0 Å². The van der Waals surface area contributed by atoms with E-state index < -0.39 is 12.0 Å². The van der Waals surface area contributed by atoms with Crippen LogP contribution in [0.5, 0.6) is 0 Å². The molecular weight excluding hydrogens is 252 g/mol. The highest BCUT2D eigenvalue weighted by Crippen LogP contribution is 2.16. The van der Waals surface area contributed by atoms with Crippen molar-refractivity contribution >= 4 is 23.8 Å². The van der Waals surface area contributed by atoms with Crippen molar-refractivity contribution < 1.29 is 14.7 Å². The predicted molar refractivity (Wildman–Crippen MR) is 70.3 cm³/mol. The zero-order valence-electron chi connectivity index (χ0n) is 11.0. The van der Waals surface area contributed by atoms with Gasteiger partial charge in [0.1, 0.15) is 0 Å². The Morgan fingerprint density at radius 3 is 2.78 bits per heavy atom. The van der Waals surface area contributed by atoms with Crippen LogP contribution in [0.25, 0.3) is 0 Å². The number of rotatable bonds is 5. The van der Waals surface area contributed by atoms with Gasteiger partial charge in [-0.05, 0) is 44.6 Å². The Bertz CT molecular complexity index is 299. The number of likely N-dealkylation sites (tertiary alicyclic amines) is 1. The number of hydrogen-bond acceptors (Lipinski definition) is 4. The van der Waals surface area contributed by atoms with Crippen molar-refractivity contribution in [3.63, 3.8) is 0 Å². The highest BCUT2D eigenvalue weighted by atomic mass is 32.2. The minimum atomic E-state index is -1.21. The average molecular weight is 273 g/mol. The summed E-state index contributed by atoms with van der Waals surface area (Å²) in [5, 5.41) is 13.5. The van der Waals surface area contributed by atoms with Gasteiger partial charge in [0, 0.05) is 12.6 Å². The van der Waals surface area contributed by atoms with Gasteiger partial charge in [0.05, 0.1) is 12.0 Å². The van der Waals surface area contributed by atoms with Crippen LogP contribution in [0.2, 0.25) is 0 Å². The van der Waals surface area contributed by atoms with Gasteiger partial charge in [-0.2, -0.15) is 11.8 Å². The van der Waals surface area contributed by atoms with Crippen LogP contribution in [0.4, 0.5) is 4.79 Å². The van der Waals surface area contributed by atoms with Crippen LogP contribution in [0, 0.1) is 0 Å². The molecule has 5 nitrogen and oxygen atoms in total. The fraction of sp³-hybridized carbons (Fsp3) is 0.833. The minimum Gasteiger partial charge on any atom is -0.548 e. The number of carboxylic acid groups (broad SMARTS) is 1. The Hall–Kier alpha value is -0.910. The number of carbonyl (C=O) groups excluding carboxylic acids is 2. The number of amides is 2. The second kappa shape index (κ2) is 7.51. The lowest BCUT2D eigenvalue weighted by atomic mass is 10.0. The van der Waals surface area contributed by atoms with Crippen molar-refractivity contribution in [3.8, 4) is 0 Å². The molecule has 2 atom stereocenters. The second-order valence-corrected chi connectivity index (χ2v) is 5.63. The number of piperidine rings is 1. The van der Waals surface area contributed by atoms with Gasteiger partial charge >= 0.3 is 6.03 Å². The zero-order valence-corrected chi connectivity index (χ0v) is 11.8. The highest BCUT2D eigenvalue weighted by Gasteiger charge is 2.25. The molecule has 1 fully saturated rings. The molecule has 0 aliphatic carbocycles. The number of aliphatic carboxylic acids is 1. The standard InChI is InChI=1S/C12H22N2O3S/c1-9-5-3-4-7-14(9)12(17)13-10(11(15)16)6-8-18-2/h9-10H,3-8H2,1-2H3,(H,13,17)(H,15,16)/p-1/t9-,10-/m0/s1. The lowest BCUT2D eigenvalue weighted by Gasteiger charge is -2.34. The molecule has 0 radical (unpaired) electrons. The molecule has 0 aromatic heterocycles. The molecule has 0 aromatic rings. The molecule has 0 saturated carbocycles. The van der Waals surface area contributed by atoms with Crippen molar-refractivity contribution in [2.45, 2.75) is 44.7 Å². The van der Waals surface area contributed by atoms with Gasteiger partial charge < -0.3 is 20.1 Å². The van der Waals surface area contributed by atoms with E-state index in [9.17, 15) is 14.7 Å². The molecule has 1 aliphatic heterocycles. The number of urea groups is 1. The monoisotopic (exact) mass is 273 g/mol. The fourth-order valence-electron chi connectivity index (χ4n) is 2.12. The van der Waals surface area contributed by atoms with E-state index in [2.05, 4.69) is 5.32 Å². The summed E-state index contributed by atoms with van der Waals surface area (Å²) in [5.74, 6) is -0.517. The third-order valence-corrected chi connectivity index (χ3v) is 3.90. The molecule has 0 spiro atoms. The lowest BCUT2D eigenvalue weighted by molar-refractivity contribution is -0.308. The van der Waals surface area contributed by atoms with Crippen LogP contribution in [0.3, 0.4) is 0 Å². The summed E-state index contributed by atoms with van der Waals surface area (Å²) in [5.41, 5.74) is 0. The van der Waals surface area contributed by atoms with Crippen LogP contribution >= 0.6 is 11.8 Å². The number of carboxylic acids is 1. The molecule has 0 bridgehead atoms. The van der Waals surface area contributed by atoms with Gasteiger partial charge in [-0.1, -0.05) is 0 Å². The lowest BCUT2D eigenvalue weighted by Crippen LogP contribution is -2.55. The molecule has 18 heavy (non-hydrogen) atoms. The van der Waals surface area contributed by atoms with Gasteiger partial charge in [-0.3, -0.25) is 0 Å². The molecular formula is C12H21N2O3S-. The summed E-state index contributed by atoms with van der Waals surface area (Å²) in [7, 11) is 0. The second-order valence-electron chi connectivity index (χ2n) is 4.64. The summed E-state index contributed by atoms with van der Waals surface area (Å²) in [6, 6.07) is -0.988. The summed E-state index contributed by atoms with van der Waals surface area (Å²) in [4.78, 5) is 24.7. The van der Waals surface area contributed by atoms with E-state index in [1.807, 2.05) is 13.2 Å². The largest absolute Gasteiger partial charge is 0.548 e. The van der Waals surface area contributed by atoms with E-state index in [-0.39, 0.29) is 12.1 Å². The van der Waals surface area contributed by atoms with Crippen LogP contribution in [-0.4, -0.2) is 47.5 Å². The number of nitrogens with zero attached hydrogens (tertiary/aromatic N) is 1. The molecule has 0 unspecified atom stereocenters. The SMILES string of the molecule is CSCC[C@H](NC(=O)N1CCCC[C@@H]1C)C(=O)[O-]. The minimum absolute atomic E-state index is 0.182. The van der Waals surface area contributed by atoms with Crippen molar-refractivity contribution in [1.82, 2.24) is 10.2 Å². The Morgan fingerprint density at radius 1 is 1.50 bits per heavy atom. The van der Waals surface area contributed by atoms with Gasteiger partial charge in [0.15, 0.2) is 0 Å². The molecule has 104 valence electrons. The third-order valence-electron chi connectivity index (χ3n) is 3.26. The van der Waals surface area contributed by atoms with E-state index in [0.717, 1.165) is 19.3 Å². The summed E-state index contributed by atoms with van der Waals surface area (Å²) < 4.78 is 0. The molecule has 1 N–H and O–H groups in total. The van der Waals surface area contributed by atoms with Crippen molar-refractivity contribution in [3.05, 3.63) is 0 Å². The number of carbonyl (C=O) groups is 2. The molecule has 1 aliphatic rings. The summed E-state index contributed by atoms with van der Waals surface area (Å²) in [6.07, 6.45) is 5.40. The maximum absolute atomic E-state index is 12.0. The van der Waals surface area contributed by atoms with Gasteiger partial charge in [-0.15, -0.1) is 0 Å². The van der Waals surface area contributed by atoms with E-state index >= 15 is 0 Å². The molecule has 6 heteroatoms. The van der Waals surface area contributed by atoms with Crippen molar-refractivity contribution in [2.24, 2.45) is 0 Å². The third kappa shape index (κ3) is 4.40. The van der Waals surface area contributed by atoms with Crippen LogP contribution in [0.1, 0.15) is 32.6 Å². The van der Waals surface area contributed by atoms with Crippen LogP contribution < -0.4 is 10.4 Å². The topological polar surface area (TPSA) is 72.5 Å². The first-order valence-corrected chi connectivity index (χ1v) is 7.72. The molecule has 2 amide bonds. The smallest absolute Gasteiger partial charge is 0.318 e. The maximum atomic E-state index is 12.0. The zero-order chi connectivity index (χ0) is 13.5. The predicted octanol–water partition coefficient (Wildman–Crippen LogP) is 0.442. The normalized spacial score (nSPS) is 21.4. The van der Waals surface area contributed by atoms with Crippen molar-refractivity contribution in [2.75, 3.05) is 18.6 Å². The highest BCUT2D eigenvalue weighted by molar-refractivity contribution is 7.98. The van der Waals surface area contributed by atoms with Crippen LogP contribution in [0.15, 0.2) is 0 Å². The van der Waals surface area contributed by atoms with E-state index in [1.54, 1.807) is 16.7 Å².